The second-order valence-corrected chi connectivity index (χ2v) is 9.68. The Morgan fingerprint density at radius 2 is 1.65 bits per heavy atom. The molecule has 1 N–H and O–H groups in total. The van der Waals surface area contributed by atoms with Gasteiger partial charge in [0.2, 0.25) is 0 Å². The van der Waals surface area contributed by atoms with Crippen LogP contribution >= 0.6 is 0 Å². The van der Waals surface area contributed by atoms with Crippen molar-refractivity contribution in [2.75, 3.05) is 16.3 Å². The first kappa shape index (κ1) is 23.5. The van der Waals surface area contributed by atoms with E-state index in [2.05, 4.69) is 50.1 Å². The molecule has 0 atom stereocenters. The van der Waals surface area contributed by atoms with Crippen LogP contribution in [0.5, 0.6) is 0 Å². The third-order valence-corrected chi connectivity index (χ3v) is 6.83. The predicted octanol–water partition coefficient (Wildman–Crippen LogP) is 5.30. The van der Waals surface area contributed by atoms with Crippen LogP contribution in [0.2, 0.25) is 0 Å². The Labute approximate surface area is 200 Å². The van der Waals surface area contributed by atoms with Crippen molar-refractivity contribution in [3.8, 4) is 0 Å². The number of likely N-dealkylation sites (N-methyl/N-ethyl adjacent to an activating group) is 1. The molecule has 0 saturated carbocycles. The standard InChI is InChI=1S/C28H31N3O3/c1-8-30-24-12-18(4)20(13-22(24)19(5)15-28(30,6)7)14-23-25(32)29-27(34)31(26(23)33)21-10-9-16(2)17(3)11-21/h9-15H,8H2,1-7H3,(H,29,32,34)/b23-14+. The van der Waals surface area contributed by atoms with E-state index in [0.717, 1.165) is 50.5 Å². The highest BCUT2D eigenvalue weighted by atomic mass is 16.2. The Morgan fingerprint density at radius 1 is 0.941 bits per heavy atom. The van der Waals surface area contributed by atoms with Crippen LogP contribution in [-0.2, 0) is 9.59 Å². The molecule has 6 nitrogen and oxygen atoms in total. The molecule has 34 heavy (non-hydrogen) atoms. The maximum absolute atomic E-state index is 13.4. The van der Waals surface area contributed by atoms with Crippen molar-refractivity contribution in [1.82, 2.24) is 5.32 Å². The zero-order valence-corrected chi connectivity index (χ0v) is 20.9. The number of hydrogen-bond donors (Lipinski definition) is 1. The number of carbonyl (C=O) groups excluding carboxylic acids is 3. The molecule has 2 aromatic rings. The number of allylic oxidation sites excluding steroid dienone is 1. The monoisotopic (exact) mass is 457 g/mol. The molecule has 0 radical (unpaired) electrons. The van der Waals surface area contributed by atoms with Gasteiger partial charge < -0.3 is 4.90 Å². The van der Waals surface area contributed by atoms with Crippen molar-refractivity contribution in [2.45, 2.75) is 54.0 Å². The van der Waals surface area contributed by atoms with Gasteiger partial charge in [0.05, 0.1) is 11.2 Å². The van der Waals surface area contributed by atoms with Gasteiger partial charge in [-0.3, -0.25) is 14.9 Å². The van der Waals surface area contributed by atoms with Gasteiger partial charge in [-0.25, -0.2) is 9.69 Å². The number of imide groups is 2. The molecule has 0 bridgehead atoms. The lowest BCUT2D eigenvalue weighted by atomic mass is 9.86. The molecule has 6 heteroatoms. The molecule has 176 valence electrons. The third-order valence-electron chi connectivity index (χ3n) is 6.83. The van der Waals surface area contributed by atoms with Crippen molar-refractivity contribution in [2.24, 2.45) is 0 Å². The van der Waals surface area contributed by atoms with Crippen molar-refractivity contribution in [1.29, 1.82) is 0 Å². The second-order valence-electron chi connectivity index (χ2n) is 9.68. The molecule has 2 heterocycles. The minimum absolute atomic E-state index is 0.0639. The summed E-state index contributed by atoms with van der Waals surface area (Å²) >= 11 is 0. The van der Waals surface area contributed by atoms with Gasteiger partial charge in [-0.05, 0) is 107 Å². The van der Waals surface area contributed by atoms with Crippen molar-refractivity contribution < 1.29 is 14.4 Å². The Kier molecular flexibility index (Phi) is 5.72. The molecule has 0 spiro atoms. The van der Waals surface area contributed by atoms with E-state index in [9.17, 15) is 14.4 Å². The molecular formula is C28H31N3O3. The average molecular weight is 458 g/mol. The van der Waals surface area contributed by atoms with E-state index < -0.39 is 17.8 Å². The van der Waals surface area contributed by atoms with Gasteiger partial charge in [0, 0.05) is 17.8 Å². The molecular weight excluding hydrogens is 426 g/mol. The molecule has 0 aromatic heterocycles. The molecule has 4 rings (SSSR count). The van der Waals surface area contributed by atoms with E-state index in [1.165, 1.54) is 0 Å². The van der Waals surface area contributed by atoms with Crippen LogP contribution in [0.25, 0.3) is 11.6 Å². The van der Waals surface area contributed by atoms with Gasteiger partial charge in [0.1, 0.15) is 5.57 Å². The number of anilines is 2. The smallest absolute Gasteiger partial charge is 0.335 e. The van der Waals surface area contributed by atoms with Gasteiger partial charge in [0.15, 0.2) is 0 Å². The van der Waals surface area contributed by atoms with Crippen LogP contribution in [-0.4, -0.2) is 29.9 Å². The van der Waals surface area contributed by atoms with Crippen LogP contribution < -0.4 is 15.1 Å². The van der Waals surface area contributed by atoms with E-state index in [0.29, 0.717) is 5.69 Å². The molecule has 1 fully saturated rings. The van der Waals surface area contributed by atoms with Gasteiger partial charge >= 0.3 is 6.03 Å². The highest BCUT2D eigenvalue weighted by Gasteiger charge is 2.37. The minimum Gasteiger partial charge on any atom is -0.363 e. The lowest BCUT2D eigenvalue weighted by Crippen LogP contribution is -2.54. The molecule has 4 amide bonds. The fourth-order valence-electron chi connectivity index (χ4n) is 4.89. The lowest BCUT2D eigenvalue weighted by molar-refractivity contribution is -0.122. The summed E-state index contributed by atoms with van der Waals surface area (Å²) in [4.78, 5) is 42.0. The summed E-state index contributed by atoms with van der Waals surface area (Å²) in [6, 6.07) is 8.75. The largest absolute Gasteiger partial charge is 0.363 e. The number of rotatable bonds is 3. The van der Waals surface area contributed by atoms with Crippen molar-refractivity contribution in [3.05, 3.63) is 69.8 Å². The van der Waals surface area contributed by atoms with E-state index in [1.54, 1.807) is 18.2 Å². The van der Waals surface area contributed by atoms with Crippen LogP contribution in [0.4, 0.5) is 16.2 Å². The first-order valence-corrected chi connectivity index (χ1v) is 11.6. The number of aryl methyl sites for hydroxylation is 3. The molecule has 0 aliphatic carbocycles. The maximum Gasteiger partial charge on any atom is 0.335 e. The molecule has 0 unspecified atom stereocenters. The Morgan fingerprint density at radius 3 is 2.29 bits per heavy atom. The second kappa shape index (κ2) is 8.28. The highest BCUT2D eigenvalue weighted by molar-refractivity contribution is 6.39. The summed E-state index contributed by atoms with van der Waals surface area (Å²) in [5.41, 5.74) is 7.36. The number of carbonyl (C=O) groups is 3. The number of urea groups is 1. The predicted molar refractivity (Wildman–Crippen MR) is 137 cm³/mol. The van der Waals surface area contributed by atoms with E-state index in [4.69, 9.17) is 0 Å². The Bertz CT molecular complexity index is 1300. The third kappa shape index (κ3) is 3.83. The topological polar surface area (TPSA) is 69.7 Å². The molecule has 2 aliphatic heterocycles. The summed E-state index contributed by atoms with van der Waals surface area (Å²) in [6.45, 7) is 15.3. The average Bonchev–Trinajstić information content (AvgIpc) is 2.73. The Hall–Kier alpha value is -3.67. The van der Waals surface area contributed by atoms with E-state index in [1.807, 2.05) is 32.9 Å². The summed E-state index contributed by atoms with van der Waals surface area (Å²) < 4.78 is 0. The Balaban J connectivity index is 1.80. The number of amides is 4. The zero-order valence-electron chi connectivity index (χ0n) is 20.9. The molecule has 2 aromatic carbocycles. The van der Waals surface area contributed by atoms with Crippen molar-refractivity contribution in [3.63, 3.8) is 0 Å². The van der Waals surface area contributed by atoms with Crippen LogP contribution in [0.15, 0.2) is 42.0 Å². The number of fused-ring (bicyclic) bond motifs is 1. The van der Waals surface area contributed by atoms with Gasteiger partial charge in [0.25, 0.3) is 11.8 Å². The first-order chi connectivity index (χ1) is 15.9. The van der Waals surface area contributed by atoms with Crippen LogP contribution in [0.3, 0.4) is 0 Å². The SMILES string of the molecule is CCN1c2cc(C)c(/C=C3\C(=O)NC(=O)N(c4ccc(C)c(C)c4)C3=O)cc2C(C)=CC1(C)C. The number of barbiturate groups is 1. The minimum atomic E-state index is -0.739. The van der Waals surface area contributed by atoms with Gasteiger partial charge in [-0.1, -0.05) is 12.1 Å². The maximum atomic E-state index is 13.4. The van der Waals surface area contributed by atoms with E-state index in [-0.39, 0.29) is 11.1 Å². The summed E-state index contributed by atoms with van der Waals surface area (Å²) in [7, 11) is 0. The van der Waals surface area contributed by atoms with Crippen molar-refractivity contribution >= 4 is 40.9 Å². The summed E-state index contributed by atoms with van der Waals surface area (Å²) in [6.07, 6.45) is 3.83. The number of nitrogens with one attached hydrogen (secondary N) is 1. The molecule has 2 aliphatic rings. The number of hydrogen-bond acceptors (Lipinski definition) is 4. The normalized spacial score (nSPS) is 18.7. The number of nitrogens with zero attached hydrogens (tertiary/aromatic N) is 2. The van der Waals surface area contributed by atoms with Crippen LogP contribution in [0.1, 0.15) is 55.5 Å². The fourth-order valence-corrected chi connectivity index (χ4v) is 4.89. The quantitative estimate of drug-likeness (QED) is 0.502. The molecule has 1 saturated heterocycles. The number of benzene rings is 2. The summed E-state index contributed by atoms with van der Waals surface area (Å²) in [5, 5.41) is 2.32. The van der Waals surface area contributed by atoms with Gasteiger partial charge in [-0.2, -0.15) is 0 Å². The lowest BCUT2D eigenvalue weighted by Gasteiger charge is -2.43. The van der Waals surface area contributed by atoms with E-state index >= 15 is 0 Å². The fraction of sp³-hybridized carbons (Fsp3) is 0.321. The first-order valence-electron chi connectivity index (χ1n) is 11.6. The van der Waals surface area contributed by atoms with Gasteiger partial charge in [-0.15, -0.1) is 0 Å². The highest BCUT2D eigenvalue weighted by Crippen LogP contribution is 2.40. The van der Waals surface area contributed by atoms with Crippen LogP contribution in [0, 0.1) is 20.8 Å². The zero-order chi connectivity index (χ0) is 24.9. The summed E-state index contributed by atoms with van der Waals surface area (Å²) in [5.74, 6) is -1.31.